The zero-order chi connectivity index (χ0) is 18.9. The molecule has 4 heteroatoms. The van der Waals surface area contributed by atoms with Crippen LogP contribution in [0.4, 0.5) is 0 Å². The monoisotopic (exact) mass is 355 g/mol. The van der Waals surface area contributed by atoms with Crippen LogP contribution in [0.2, 0.25) is 0 Å². The maximum absolute atomic E-state index is 12.6. The van der Waals surface area contributed by atoms with Crippen LogP contribution in [-0.2, 0) is 17.8 Å². The first-order valence-electron chi connectivity index (χ1n) is 9.13. The van der Waals surface area contributed by atoms with Crippen LogP contribution in [-0.4, -0.2) is 25.2 Å². The summed E-state index contributed by atoms with van der Waals surface area (Å²) in [5, 5.41) is 3.08. The van der Waals surface area contributed by atoms with Crippen LogP contribution in [0.1, 0.15) is 48.7 Å². The van der Waals surface area contributed by atoms with Gasteiger partial charge in [0.25, 0.3) is 5.91 Å². The van der Waals surface area contributed by atoms with E-state index in [0.717, 1.165) is 24.2 Å². The van der Waals surface area contributed by atoms with Crippen molar-refractivity contribution >= 4 is 5.91 Å². The summed E-state index contributed by atoms with van der Waals surface area (Å²) in [7, 11) is 1.62. The number of ether oxygens (including phenoxy) is 2. The van der Waals surface area contributed by atoms with Gasteiger partial charge in [-0.25, -0.2) is 0 Å². The van der Waals surface area contributed by atoms with Crippen molar-refractivity contribution in [2.75, 3.05) is 7.11 Å². The molecule has 0 saturated carbocycles. The summed E-state index contributed by atoms with van der Waals surface area (Å²) in [6, 6.07) is 15.9. The lowest BCUT2D eigenvalue weighted by molar-refractivity contribution is 0.0644. The molecule has 1 N–H and O–H groups in total. The second-order valence-electron chi connectivity index (χ2n) is 6.79. The van der Waals surface area contributed by atoms with Crippen molar-refractivity contribution in [3.63, 3.8) is 0 Å². The number of benzene rings is 2. The molecule has 26 heavy (non-hydrogen) atoms. The fourth-order valence-corrected chi connectivity index (χ4v) is 2.70. The fraction of sp³-hybridized carbons (Fsp3) is 0.409. The first kappa shape index (κ1) is 20.0. The SMILES string of the molecule is COc1ccc(C(=O)NC(C)CCc2ccccc2)cc1COC(C)C. The molecule has 0 aliphatic carbocycles. The van der Waals surface area contributed by atoms with Crippen LogP contribution in [0.5, 0.6) is 5.75 Å². The Hall–Kier alpha value is -2.33. The molecule has 2 aromatic carbocycles. The van der Waals surface area contributed by atoms with Gasteiger partial charge in [-0.15, -0.1) is 0 Å². The average molecular weight is 355 g/mol. The first-order valence-corrected chi connectivity index (χ1v) is 9.13. The fourth-order valence-electron chi connectivity index (χ4n) is 2.70. The highest BCUT2D eigenvalue weighted by Gasteiger charge is 2.13. The van der Waals surface area contributed by atoms with Gasteiger partial charge >= 0.3 is 0 Å². The van der Waals surface area contributed by atoms with E-state index in [4.69, 9.17) is 9.47 Å². The Kier molecular flexibility index (Phi) is 7.67. The summed E-state index contributed by atoms with van der Waals surface area (Å²) < 4.78 is 11.0. The van der Waals surface area contributed by atoms with Gasteiger partial charge in [-0.3, -0.25) is 4.79 Å². The molecule has 1 amide bonds. The molecule has 0 aliphatic heterocycles. The van der Waals surface area contributed by atoms with Gasteiger partial charge < -0.3 is 14.8 Å². The summed E-state index contributed by atoms with van der Waals surface area (Å²) >= 11 is 0. The van der Waals surface area contributed by atoms with Crippen LogP contribution in [0.3, 0.4) is 0 Å². The summed E-state index contributed by atoms with van der Waals surface area (Å²) in [6.45, 7) is 6.42. The smallest absolute Gasteiger partial charge is 0.251 e. The van der Waals surface area contributed by atoms with Crippen LogP contribution in [0, 0.1) is 0 Å². The van der Waals surface area contributed by atoms with E-state index in [-0.39, 0.29) is 18.1 Å². The van der Waals surface area contributed by atoms with E-state index in [1.165, 1.54) is 5.56 Å². The lowest BCUT2D eigenvalue weighted by atomic mass is 10.1. The molecule has 0 aliphatic rings. The highest BCUT2D eigenvalue weighted by Crippen LogP contribution is 2.21. The van der Waals surface area contributed by atoms with Gasteiger partial charge in [0.05, 0.1) is 19.8 Å². The number of nitrogens with one attached hydrogen (secondary N) is 1. The van der Waals surface area contributed by atoms with Crippen molar-refractivity contribution in [2.45, 2.75) is 52.4 Å². The number of carbonyl (C=O) groups is 1. The van der Waals surface area contributed by atoms with Crippen molar-refractivity contribution in [1.29, 1.82) is 0 Å². The van der Waals surface area contributed by atoms with E-state index in [2.05, 4.69) is 17.4 Å². The van der Waals surface area contributed by atoms with Crippen LogP contribution >= 0.6 is 0 Å². The van der Waals surface area contributed by atoms with Crippen molar-refractivity contribution in [1.82, 2.24) is 5.32 Å². The molecule has 0 aromatic heterocycles. The summed E-state index contributed by atoms with van der Waals surface area (Å²) in [4.78, 5) is 12.6. The van der Waals surface area contributed by atoms with Crippen molar-refractivity contribution in [2.24, 2.45) is 0 Å². The van der Waals surface area contributed by atoms with Crippen molar-refractivity contribution in [3.8, 4) is 5.75 Å². The largest absolute Gasteiger partial charge is 0.496 e. The van der Waals surface area contributed by atoms with Gasteiger partial charge in [-0.2, -0.15) is 0 Å². The van der Waals surface area contributed by atoms with Crippen LogP contribution in [0.25, 0.3) is 0 Å². The predicted molar refractivity (Wildman–Crippen MR) is 105 cm³/mol. The number of hydrogen-bond donors (Lipinski definition) is 1. The molecule has 1 atom stereocenters. The highest BCUT2D eigenvalue weighted by molar-refractivity contribution is 5.94. The average Bonchev–Trinajstić information content (AvgIpc) is 2.65. The quantitative estimate of drug-likeness (QED) is 0.726. The van der Waals surface area contributed by atoms with E-state index in [1.54, 1.807) is 13.2 Å². The maximum Gasteiger partial charge on any atom is 0.251 e. The highest BCUT2D eigenvalue weighted by atomic mass is 16.5. The summed E-state index contributed by atoms with van der Waals surface area (Å²) in [6.07, 6.45) is 1.96. The van der Waals surface area contributed by atoms with E-state index in [9.17, 15) is 4.79 Å². The van der Waals surface area contributed by atoms with Crippen LogP contribution < -0.4 is 10.1 Å². The molecule has 0 radical (unpaired) electrons. The van der Waals surface area contributed by atoms with Gasteiger partial charge in [0.2, 0.25) is 0 Å². The molecule has 4 nitrogen and oxygen atoms in total. The van der Waals surface area contributed by atoms with Crippen molar-refractivity contribution in [3.05, 3.63) is 65.2 Å². The Morgan fingerprint density at radius 2 is 1.81 bits per heavy atom. The molecule has 0 spiro atoms. The molecule has 0 fully saturated rings. The molecule has 2 aromatic rings. The molecule has 0 saturated heterocycles. The normalized spacial score (nSPS) is 12.0. The van der Waals surface area contributed by atoms with Gasteiger partial charge in [-0.1, -0.05) is 30.3 Å². The third-order valence-electron chi connectivity index (χ3n) is 4.20. The number of methoxy groups -OCH3 is 1. The zero-order valence-corrected chi connectivity index (χ0v) is 16.1. The molecule has 140 valence electrons. The minimum Gasteiger partial charge on any atom is -0.496 e. The van der Waals surface area contributed by atoms with Gasteiger partial charge in [0, 0.05) is 17.2 Å². The third-order valence-corrected chi connectivity index (χ3v) is 4.20. The van der Waals surface area contributed by atoms with Gasteiger partial charge in [0.1, 0.15) is 5.75 Å². The maximum atomic E-state index is 12.6. The first-order chi connectivity index (χ1) is 12.5. The van der Waals surface area contributed by atoms with Gasteiger partial charge in [-0.05, 0) is 57.4 Å². The van der Waals surface area contributed by atoms with E-state index in [0.29, 0.717) is 12.2 Å². The molecule has 2 rings (SSSR count). The number of carbonyl (C=O) groups excluding carboxylic acids is 1. The molecular weight excluding hydrogens is 326 g/mol. The lowest BCUT2D eigenvalue weighted by Gasteiger charge is -2.16. The number of amides is 1. The van der Waals surface area contributed by atoms with Crippen molar-refractivity contribution < 1.29 is 14.3 Å². The minimum absolute atomic E-state index is 0.0704. The number of aryl methyl sites for hydroxylation is 1. The predicted octanol–water partition coefficient (Wildman–Crippen LogP) is 4.37. The second kappa shape index (κ2) is 9.97. The van der Waals surface area contributed by atoms with E-state index in [1.807, 2.05) is 51.1 Å². The Morgan fingerprint density at radius 3 is 2.46 bits per heavy atom. The Labute approximate surface area is 156 Å². The summed E-state index contributed by atoms with van der Waals surface area (Å²) in [5.74, 6) is 0.665. The Morgan fingerprint density at radius 1 is 1.08 bits per heavy atom. The number of hydrogen-bond acceptors (Lipinski definition) is 3. The molecular formula is C22H29NO3. The van der Waals surface area contributed by atoms with Gasteiger partial charge in [0.15, 0.2) is 0 Å². The zero-order valence-electron chi connectivity index (χ0n) is 16.1. The standard InChI is InChI=1S/C22H29NO3/c1-16(2)26-15-20-14-19(12-13-21(20)25-4)22(24)23-17(3)10-11-18-8-6-5-7-9-18/h5-9,12-14,16-17H,10-11,15H2,1-4H3,(H,23,24). The molecule has 0 heterocycles. The summed E-state index contributed by atoms with van der Waals surface area (Å²) in [5.41, 5.74) is 2.79. The van der Waals surface area contributed by atoms with E-state index < -0.39 is 0 Å². The molecule has 1 unspecified atom stereocenters. The second-order valence-corrected chi connectivity index (χ2v) is 6.79. The third kappa shape index (κ3) is 6.19. The number of rotatable bonds is 9. The Bertz CT molecular complexity index is 698. The van der Waals surface area contributed by atoms with Crippen LogP contribution in [0.15, 0.2) is 48.5 Å². The topological polar surface area (TPSA) is 47.6 Å². The van der Waals surface area contributed by atoms with E-state index >= 15 is 0 Å². The lowest BCUT2D eigenvalue weighted by Crippen LogP contribution is -2.33. The molecule has 0 bridgehead atoms. The minimum atomic E-state index is -0.0704. The Balaban J connectivity index is 1.96.